The average Bonchev–Trinajstić information content (AvgIpc) is 2.75. The molecule has 0 spiro atoms. The molecule has 1 aromatic heterocycles. The van der Waals surface area contributed by atoms with E-state index in [1.807, 2.05) is 37.4 Å². The maximum Gasteiger partial charge on any atom is 0.165 e. The van der Waals surface area contributed by atoms with Gasteiger partial charge in [0.05, 0.1) is 0 Å². The summed E-state index contributed by atoms with van der Waals surface area (Å²) in [5.74, 6) is 0.244. The summed E-state index contributed by atoms with van der Waals surface area (Å²) in [7, 11) is 0. The number of ketones is 1. The van der Waals surface area contributed by atoms with Gasteiger partial charge < -0.3 is 4.57 Å². The largest absolute Gasteiger partial charge is 0.320 e. The number of hydrogen-bond acceptors (Lipinski definition) is 1. The van der Waals surface area contributed by atoms with Crippen molar-refractivity contribution in [2.24, 2.45) is 5.41 Å². The lowest BCUT2D eigenvalue weighted by Crippen LogP contribution is -2.27. The van der Waals surface area contributed by atoms with Gasteiger partial charge >= 0.3 is 0 Å². The van der Waals surface area contributed by atoms with Crippen molar-refractivity contribution in [1.82, 2.24) is 4.57 Å². The zero-order chi connectivity index (χ0) is 14.5. The number of aromatic nitrogens is 1. The van der Waals surface area contributed by atoms with Crippen LogP contribution < -0.4 is 0 Å². The first kappa shape index (κ1) is 13.4. The van der Waals surface area contributed by atoms with E-state index in [2.05, 4.69) is 18.4 Å². The van der Waals surface area contributed by atoms with Crippen molar-refractivity contribution in [2.45, 2.75) is 33.6 Å². The summed E-state index contributed by atoms with van der Waals surface area (Å²) in [6.07, 6.45) is 3.51. The molecule has 2 aromatic rings. The fraction of sp³-hybridized carbons (Fsp3) is 0.353. The van der Waals surface area contributed by atoms with Crippen LogP contribution in [-0.4, -0.2) is 10.4 Å². The van der Waals surface area contributed by atoms with Crippen LogP contribution in [0.5, 0.6) is 0 Å². The molecule has 3 heteroatoms. The first-order valence-electron chi connectivity index (χ1n) is 6.87. The van der Waals surface area contributed by atoms with E-state index in [9.17, 15) is 4.79 Å². The molecule has 2 nitrogen and oxygen atoms in total. The normalized spacial score (nSPS) is 17.1. The van der Waals surface area contributed by atoms with Crippen LogP contribution in [0.4, 0.5) is 0 Å². The standard InChI is InChI=1S/C17H18ClNO/c1-11-4-5-12(8-14(11)18)19-7-6-13-15(19)9-17(2,3)10-16(13)20/h4-8H,9-10H2,1-3H3. The number of hydrogen-bond donors (Lipinski definition) is 0. The van der Waals surface area contributed by atoms with E-state index in [-0.39, 0.29) is 11.2 Å². The number of fused-ring (bicyclic) bond motifs is 1. The van der Waals surface area contributed by atoms with E-state index < -0.39 is 0 Å². The Hall–Kier alpha value is -1.54. The molecule has 1 aliphatic rings. The van der Waals surface area contributed by atoms with Gasteiger partial charge in [0.2, 0.25) is 0 Å². The lowest BCUT2D eigenvalue weighted by Gasteiger charge is -2.29. The van der Waals surface area contributed by atoms with Crippen LogP contribution in [0.2, 0.25) is 5.02 Å². The van der Waals surface area contributed by atoms with Crippen LogP contribution in [0.25, 0.3) is 5.69 Å². The van der Waals surface area contributed by atoms with Crippen molar-refractivity contribution in [3.63, 3.8) is 0 Å². The van der Waals surface area contributed by atoms with Crippen LogP contribution in [0.3, 0.4) is 0 Å². The highest BCUT2D eigenvalue weighted by Crippen LogP contribution is 2.36. The number of Topliss-reactive ketones (excluding diaryl/α,β-unsaturated/α-hetero) is 1. The van der Waals surface area contributed by atoms with Gasteiger partial charge in [-0.1, -0.05) is 31.5 Å². The van der Waals surface area contributed by atoms with Gasteiger partial charge in [-0.05, 0) is 42.5 Å². The minimum atomic E-state index is 0.0225. The number of rotatable bonds is 1. The summed E-state index contributed by atoms with van der Waals surface area (Å²) in [6, 6.07) is 7.96. The number of nitrogens with zero attached hydrogens (tertiary/aromatic N) is 1. The molecule has 0 saturated carbocycles. The first-order chi connectivity index (χ1) is 9.37. The molecule has 104 valence electrons. The Morgan fingerprint density at radius 2 is 1.95 bits per heavy atom. The van der Waals surface area contributed by atoms with Crippen molar-refractivity contribution in [3.8, 4) is 5.69 Å². The SMILES string of the molecule is Cc1ccc(-n2ccc3c2CC(C)(C)CC3=O)cc1Cl. The zero-order valence-electron chi connectivity index (χ0n) is 12.0. The van der Waals surface area contributed by atoms with Gasteiger partial charge in [-0.2, -0.15) is 0 Å². The van der Waals surface area contributed by atoms with Gasteiger partial charge in [-0.3, -0.25) is 4.79 Å². The molecule has 0 atom stereocenters. The minimum absolute atomic E-state index is 0.0225. The van der Waals surface area contributed by atoms with Crippen molar-refractivity contribution in [2.75, 3.05) is 0 Å². The van der Waals surface area contributed by atoms with Gasteiger partial charge in [0, 0.05) is 34.6 Å². The first-order valence-corrected chi connectivity index (χ1v) is 7.25. The van der Waals surface area contributed by atoms with Crippen LogP contribution in [0.15, 0.2) is 30.5 Å². The summed E-state index contributed by atoms with van der Waals surface area (Å²) in [6.45, 7) is 6.28. The summed E-state index contributed by atoms with van der Waals surface area (Å²) < 4.78 is 2.10. The van der Waals surface area contributed by atoms with Gasteiger partial charge in [0.1, 0.15) is 0 Å². The molecule has 0 fully saturated rings. The second-order valence-electron chi connectivity index (χ2n) is 6.42. The third kappa shape index (κ3) is 2.18. The van der Waals surface area contributed by atoms with Gasteiger partial charge in [0.25, 0.3) is 0 Å². The van der Waals surface area contributed by atoms with Crippen LogP contribution >= 0.6 is 11.6 Å². The smallest absolute Gasteiger partial charge is 0.165 e. The second-order valence-corrected chi connectivity index (χ2v) is 6.83. The Morgan fingerprint density at radius 1 is 1.20 bits per heavy atom. The molecule has 0 aliphatic heterocycles. The van der Waals surface area contributed by atoms with Crippen molar-refractivity contribution in [1.29, 1.82) is 0 Å². The fourth-order valence-electron chi connectivity index (χ4n) is 2.92. The molecule has 0 amide bonds. The molecule has 20 heavy (non-hydrogen) atoms. The number of aryl methyl sites for hydroxylation is 1. The van der Waals surface area contributed by atoms with E-state index in [4.69, 9.17) is 11.6 Å². The molecule has 0 N–H and O–H groups in total. The number of halogens is 1. The highest BCUT2D eigenvalue weighted by Gasteiger charge is 2.33. The number of benzene rings is 1. The van der Waals surface area contributed by atoms with Crippen molar-refractivity contribution < 1.29 is 4.79 Å². The van der Waals surface area contributed by atoms with Crippen LogP contribution in [-0.2, 0) is 6.42 Å². The molecule has 0 saturated heterocycles. The predicted octanol–water partition coefficient (Wildman–Crippen LogP) is 4.59. The molecule has 3 rings (SSSR count). The Balaban J connectivity index is 2.13. The Labute approximate surface area is 124 Å². The third-order valence-electron chi connectivity index (χ3n) is 4.01. The molecule has 0 bridgehead atoms. The quantitative estimate of drug-likeness (QED) is 0.751. The fourth-order valence-corrected chi connectivity index (χ4v) is 3.09. The van der Waals surface area contributed by atoms with E-state index in [1.165, 1.54) is 0 Å². The highest BCUT2D eigenvalue weighted by molar-refractivity contribution is 6.31. The zero-order valence-corrected chi connectivity index (χ0v) is 12.8. The molecule has 1 aromatic carbocycles. The lowest BCUT2D eigenvalue weighted by atomic mass is 9.76. The van der Waals surface area contributed by atoms with Crippen LogP contribution in [0.1, 0.15) is 41.9 Å². The summed E-state index contributed by atoms with van der Waals surface area (Å²) in [4.78, 5) is 12.2. The maximum absolute atomic E-state index is 12.2. The average molecular weight is 288 g/mol. The Bertz CT molecular complexity index is 697. The second kappa shape index (κ2) is 4.49. The Kier molecular flexibility index (Phi) is 3.02. The van der Waals surface area contributed by atoms with Crippen molar-refractivity contribution >= 4 is 17.4 Å². The van der Waals surface area contributed by atoms with Gasteiger partial charge in [-0.25, -0.2) is 0 Å². The van der Waals surface area contributed by atoms with Crippen LogP contribution in [0, 0.1) is 12.3 Å². The molecule has 1 aliphatic carbocycles. The molecule has 0 unspecified atom stereocenters. The van der Waals surface area contributed by atoms with Crippen molar-refractivity contribution in [3.05, 3.63) is 52.3 Å². The molecular weight excluding hydrogens is 270 g/mol. The van der Waals surface area contributed by atoms with Gasteiger partial charge in [-0.15, -0.1) is 0 Å². The van der Waals surface area contributed by atoms with E-state index >= 15 is 0 Å². The van der Waals surface area contributed by atoms with E-state index in [1.54, 1.807) is 0 Å². The highest BCUT2D eigenvalue weighted by atomic mass is 35.5. The van der Waals surface area contributed by atoms with E-state index in [0.717, 1.165) is 34.0 Å². The predicted molar refractivity (Wildman–Crippen MR) is 81.9 cm³/mol. The monoisotopic (exact) mass is 287 g/mol. The lowest BCUT2D eigenvalue weighted by molar-refractivity contribution is 0.0911. The number of carbonyl (C=O) groups is 1. The summed E-state index contributed by atoms with van der Waals surface area (Å²) >= 11 is 6.22. The maximum atomic E-state index is 12.2. The molecule has 0 radical (unpaired) electrons. The number of carbonyl (C=O) groups excluding carboxylic acids is 1. The Morgan fingerprint density at radius 3 is 2.65 bits per heavy atom. The summed E-state index contributed by atoms with van der Waals surface area (Å²) in [5.41, 5.74) is 4.07. The summed E-state index contributed by atoms with van der Waals surface area (Å²) in [5, 5.41) is 0.756. The third-order valence-corrected chi connectivity index (χ3v) is 4.42. The van der Waals surface area contributed by atoms with E-state index in [0.29, 0.717) is 6.42 Å². The topological polar surface area (TPSA) is 22.0 Å². The molecule has 1 heterocycles. The molecular formula is C17H18ClNO. The van der Waals surface area contributed by atoms with Gasteiger partial charge in [0.15, 0.2) is 5.78 Å². The minimum Gasteiger partial charge on any atom is -0.320 e.